The molecule has 1 fully saturated rings. The van der Waals surface area contributed by atoms with Crippen LogP contribution >= 0.6 is 0 Å². The molecule has 0 amide bonds. The van der Waals surface area contributed by atoms with Gasteiger partial charge in [0.1, 0.15) is 0 Å². The first kappa shape index (κ1) is 11.5. The van der Waals surface area contributed by atoms with Crippen LogP contribution in [-0.2, 0) is 9.53 Å². The van der Waals surface area contributed by atoms with Gasteiger partial charge in [-0.3, -0.25) is 0 Å². The third-order valence-electron chi connectivity index (χ3n) is 3.45. The molecule has 1 aliphatic carbocycles. The Morgan fingerprint density at radius 2 is 1.94 bits per heavy atom. The first-order chi connectivity index (χ1) is 7.83. The van der Waals surface area contributed by atoms with Crippen molar-refractivity contribution in [1.29, 1.82) is 0 Å². The molecule has 3 nitrogen and oxygen atoms in total. The molecule has 1 saturated heterocycles. The molecule has 1 aliphatic heterocycles. The van der Waals surface area contributed by atoms with Crippen LogP contribution in [0.5, 0.6) is 0 Å². The molecule has 16 heavy (non-hydrogen) atoms. The Kier molecular flexibility index (Phi) is 3.86. The Balaban J connectivity index is 2.09. The standard InChI is InChI=1S/C13H21NO2/c1-2-16-13(15)11-7-6-8-12(11)14-9-4-3-5-10-14/h2-10H2,1H3. The Labute approximate surface area is 97.5 Å². The van der Waals surface area contributed by atoms with Gasteiger partial charge in [0.25, 0.3) is 0 Å². The summed E-state index contributed by atoms with van der Waals surface area (Å²) in [5.41, 5.74) is 2.22. The summed E-state index contributed by atoms with van der Waals surface area (Å²) < 4.78 is 5.12. The zero-order valence-corrected chi connectivity index (χ0v) is 10.1. The third-order valence-corrected chi connectivity index (χ3v) is 3.45. The molecular formula is C13H21NO2. The van der Waals surface area contributed by atoms with Gasteiger partial charge >= 0.3 is 5.97 Å². The fourth-order valence-electron chi connectivity index (χ4n) is 2.68. The summed E-state index contributed by atoms with van der Waals surface area (Å²) in [6.45, 7) is 4.60. The van der Waals surface area contributed by atoms with E-state index in [9.17, 15) is 4.79 Å². The molecule has 1 heterocycles. The fraction of sp³-hybridized carbons (Fsp3) is 0.769. The summed E-state index contributed by atoms with van der Waals surface area (Å²) in [7, 11) is 0. The molecule has 0 aromatic carbocycles. The van der Waals surface area contributed by atoms with Gasteiger partial charge in [0.15, 0.2) is 0 Å². The second-order valence-corrected chi connectivity index (χ2v) is 4.55. The van der Waals surface area contributed by atoms with Gasteiger partial charge in [-0.05, 0) is 45.4 Å². The highest BCUT2D eigenvalue weighted by Crippen LogP contribution is 2.31. The predicted molar refractivity (Wildman–Crippen MR) is 62.9 cm³/mol. The van der Waals surface area contributed by atoms with Crippen molar-refractivity contribution >= 4 is 5.97 Å². The van der Waals surface area contributed by atoms with Crippen LogP contribution in [0.1, 0.15) is 45.4 Å². The van der Waals surface area contributed by atoms with Gasteiger partial charge in [0, 0.05) is 18.8 Å². The van der Waals surface area contributed by atoms with Crippen LogP contribution in [-0.4, -0.2) is 30.6 Å². The Bertz CT molecular complexity index is 290. The molecule has 3 heteroatoms. The summed E-state index contributed by atoms with van der Waals surface area (Å²) in [5, 5.41) is 0. The summed E-state index contributed by atoms with van der Waals surface area (Å²) >= 11 is 0. The van der Waals surface area contributed by atoms with E-state index >= 15 is 0 Å². The van der Waals surface area contributed by atoms with Crippen molar-refractivity contribution in [2.45, 2.75) is 45.4 Å². The average Bonchev–Trinajstić information content (AvgIpc) is 2.79. The molecule has 0 saturated carbocycles. The number of hydrogen-bond donors (Lipinski definition) is 0. The summed E-state index contributed by atoms with van der Waals surface area (Å²) in [6.07, 6.45) is 6.94. The smallest absolute Gasteiger partial charge is 0.335 e. The maximum Gasteiger partial charge on any atom is 0.335 e. The van der Waals surface area contributed by atoms with Crippen molar-refractivity contribution in [3.63, 3.8) is 0 Å². The number of rotatable bonds is 3. The molecule has 0 aromatic rings. The number of likely N-dealkylation sites (tertiary alicyclic amines) is 1. The third kappa shape index (κ3) is 2.39. The van der Waals surface area contributed by atoms with E-state index < -0.39 is 0 Å². The number of esters is 1. The highest BCUT2D eigenvalue weighted by atomic mass is 16.5. The first-order valence-corrected chi connectivity index (χ1v) is 6.47. The van der Waals surface area contributed by atoms with Crippen molar-refractivity contribution in [3.05, 3.63) is 11.3 Å². The molecular weight excluding hydrogens is 202 g/mol. The SMILES string of the molecule is CCOC(=O)C1=C(N2CCCCC2)CCC1. The van der Waals surface area contributed by atoms with Gasteiger partial charge in [-0.25, -0.2) is 4.79 Å². The molecule has 0 spiro atoms. The van der Waals surface area contributed by atoms with Crippen LogP contribution in [0.15, 0.2) is 11.3 Å². The van der Waals surface area contributed by atoms with Gasteiger partial charge in [-0.15, -0.1) is 0 Å². The van der Waals surface area contributed by atoms with Crippen LogP contribution in [0.4, 0.5) is 0 Å². The zero-order valence-electron chi connectivity index (χ0n) is 10.1. The largest absolute Gasteiger partial charge is 0.463 e. The predicted octanol–water partition coefficient (Wildman–Crippen LogP) is 2.47. The normalized spacial score (nSPS) is 21.4. The van der Waals surface area contributed by atoms with E-state index in [0.29, 0.717) is 6.61 Å². The monoisotopic (exact) mass is 223 g/mol. The molecule has 0 aromatic heterocycles. The summed E-state index contributed by atoms with van der Waals surface area (Å²) in [6, 6.07) is 0. The lowest BCUT2D eigenvalue weighted by Gasteiger charge is -2.30. The minimum Gasteiger partial charge on any atom is -0.463 e. The van der Waals surface area contributed by atoms with Crippen molar-refractivity contribution in [2.75, 3.05) is 19.7 Å². The number of ether oxygens (including phenoxy) is 1. The lowest BCUT2D eigenvalue weighted by atomic mass is 10.1. The van der Waals surface area contributed by atoms with E-state index in [-0.39, 0.29) is 5.97 Å². The molecule has 0 N–H and O–H groups in total. The highest BCUT2D eigenvalue weighted by Gasteiger charge is 2.26. The highest BCUT2D eigenvalue weighted by molar-refractivity contribution is 5.89. The minimum absolute atomic E-state index is 0.0828. The van der Waals surface area contributed by atoms with Gasteiger partial charge in [0.05, 0.1) is 12.2 Å². The van der Waals surface area contributed by atoms with E-state index in [2.05, 4.69) is 4.90 Å². The maximum atomic E-state index is 11.8. The lowest BCUT2D eigenvalue weighted by Crippen LogP contribution is -2.30. The maximum absolute atomic E-state index is 11.8. The van der Waals surface area contributed by atoms with E-state index in [1.807, 2.05) is 6.92 Å². The Hall–Kier alpha value is -0.990. The average molecular weight is 223 g/mol. The minimum atomic E-state index is -0.0828. The molecule has 0 unspecified atom stereocenters. The molecule has 2 aliphatic rings. The molecule has 0 bridgehead atoms. The van der Waals surface area contributed by atoms with Crippen LogP contribution < -0.4 is 0 Å². The van der Waals surface area contributed by atoms with Crippen LogP contribution in [0.25, 0.3) is 0 Å². The lowest BCUT2D eigenvalue weighted by molar-refractivity contribution is -0.138. The van der Waals surface area contributed by atoms with Crippen LogP contribution in [0.3, 0.4) is 0 Å². The second kappa shape index (κ2) is 5.37. The zero-order chi connectivity index (χ0) is 11.4. The molecule has 90 valence electrons. The van der Waals surface area contributed by atoms with Crippen molar-refractivity contribution < 1.29 is 9.53 Å². The van der Waals surface area contributed by atoms with Crippen LogP contribution in [0.2, 0.25) is 0 Å². The van der Waals surface area contributed by atoms with Gasteiger partial charge < -0.3 is 9.64 Å². The number of nitrogens with zero attached hydrogens (tertiary/aromatic N) is 1. The van der Waals surface area contributed by atoms with Crippen LogP contribution in [0, 0.1) is 0 Å². The summed E-state index contributed by atoms with van der Waals surface area (Å²) in [5.74, 6) is -0.0828. The number of carbonyl (C=O) groups is 1. The summed E-state index contributed by atoms with van der Waals surface area (Å²) in [4.78, 5) is 14.2. The number of piperidine rings is 1. The van der Waals surface area contributed by atoms with Gasteiger partial charge in [-0.1, -0.05) is 0 Å². The second-order valence-electron chi connectivity index (χ2n) is 4.55. The molecule has 0 atom stereocenters. The fourth-order valence-corrected chi connectivity index (χ4v) is 2.68. The van der Waals surface area contributed by atoms with E-state index in [1.165, 1.54) is 25.0 Å². The molecule has 2 rings (SSSR count). The van der Waals surface area contributed by atoms with Crippen molar-refractivity contribution in [2.24, 2.45) is 0 Å². The number of carbonyl (C=O) groups excluding carboxylic acids is 1. The molecule has 0 radical (unpaired) electrons. The Morgan fingerprint density at radius 3 is 2.62 bits per heavy atom. The van der Waals surface area contributed by atoms with E-state index in [1.54, 1.807) is 0 Å². The number of hydrogen-bond acceptors (Lipinski definition) is 3. The number of allylic oxidation sites excluding steroid dienone is 1. The topological polar surface area (TPSA) is 29.5 Å². The van der Waals surface area contributed by atoms with Crippen molar-refractivity contribution in [1.82, 2.24) is 4.90 Å². The van der Waals surface area contributed by atoms with E-state index in [4.69, 9.17) is 4.74 Å². The van der Waals surface area contributed by atoms with E-state index in [0.717, 1.165) is 37.9 Å². The Morgan fingerprint density at radius 1 is 1.19 bits per heavy atom. The van der Waals surface area contributed by atoms with Gasteiger partial charge in [-0.2, -0.15) is 0 Å². The first-order valence-electron chi connectivity index (χ1n) is 6.47. The quantitative estimate of drug-likeness (QED) is 0.688. The van der Waals surface area contributed by atoms with Gasteiger partial charge in [0.2, 0.25) is 0 Å². The van der Waals surface area contributed by atoms with Crippen molar-refractivity contribution in [3.8, 4) is 0 Å².